The lowest BCUT2D eigenvalue weighted by atomic mass is 9.91. The fourth-order valence-corrected chi connectivity index (χ4v) is 3.79. The van der Waals surface area contributed by atoms with Crippen LogP contribution < -0.4 is 11.1 Å². The van der Waals surface area contributed by atoms with Crippen LogP contribution in [0.2, 0.25) is 0 Å². The molecule has 1 aliphatic carbocycles. The van der Waals surface area contributed by atoms with Crippen LogP contribution in [0.15, 0.2) is 48.5 Å². The van der Waals surface area contributed by atoms with Crippen LogP contribution in [0.5, 0.6) is 0 Å². The van der Waals surface area contributed by atoms with E-state index in [-0.39, 0.29) is 12.1 Å². The van der Waals surface area contributed by atoms with Gasteiger partial charge in [-0.1, -0.05) is 43.2 Å². The van der Waals surface area contributed by atoms with Gasteiger partial charge in [-0.25, -0.2) is 4.98 Å². The van der Waals surface area contributed by atoms with Crippen molar-refractivity contribution in [2.75, 3.05) is 5.32 Å². The molecule has 5 heteroatoms. The number of nitrogens with one attached hydrogen (secondary N) is 1. The molecule has 1 aromatic heterocycles. The summed E-state index contributed by atoms with van der Waals surface area (Å²) in [4.78, 5) is 4.81. The van der Waals surface area contributed by atoms with Crippen molar-refractivity contribution in [2.24, 2.45) is 5.73 Å². The van der Waals surface area contributed by atoms with E-state index in [9.17, 15) is 5.26 Å². The van der Waals surface area contributed by atoms with Gasteiger partial charge in [0.05, 0.1) is 29.2 Å². The quantitative estimate of drug-likeness (QED) is 0.756. The average Bonchev–Trinajstić information content (AvgIpc) is 3.01. The van der Waals surface area contributed by atoms with Gasteiger partial charge in [0.1, 0.15) is 0 Å². The molecule has 2 atom stereocenters. The summed E-state index contributed by atoms with van der Waals surface area (Å²) in [5, 5.41) is 13.0. The molecule has 0 amide bonds. The highest BCUT2D eigenvalue weighted by molar-refractivity contribution is 5.78. The molecule has 1 heterocycles. The summed E-state index contributed by atoms with van der Waals surface area (Å²) in [6.07, 6.45) is 4.52. The van der Waals surface area contributed by atoms with Crippen molar-refractivity contribution >= 4 is 17.0 Å². The average molecular weight is 345 g/mol. The third-order valence-electron chi connectivity index (χ3n) is 5.25. The van der Waals surface area contributed by atoms with Crippen LogP contribution in [-0.4, -0.2) is 21.6 Å². The third-order valence-corrected chi connectivity index (χ3v) is 5.25. The van der Waals surface area contributed by atoms with E-state index in [1.807, 2.05) is 42.5 Å². The summed E-state index contributed by atoms with van der Waals surface area (Å²) in [7, 11) is 0. The zero-order valence-corrected chi connectivity index (χ0v) is 14.7. The van der Waals surface area contributed by atoms with Crippen LogP contribution in [0.25, 0.3) is 11.0 Å². The summed E-state index contributed by atoms with van der Waals surface area (Å²) < 4.78 is 2.16. The highest BCUT2D eigenvalue weighted by atomic mass is 15.2. The Labute approximate surface area is 153 Å². The van der Waals surface area contributed by atoms with Gasteiger partial charge in [0.15, 0.2) is 0 Å². The topological polar surface area (TPSA) is 79.7 Å². The Hall–Kier alpha value is -2.84. The van der Waals surface area contributed by atoms with Gasteiger partial charge in [-0.05, 0) is 36.6 Å². The lowest BCUT2D eigenvalue weighted by molar-refractivity contribution is 0.401. The van der Waals surface area contributed by atoms with Crippen molar-refractivity contribution in [3.63, 3.8) is 0 Å². The number of hydrogen-bond donors (Lipinski definition) is 2. The second kappa shape index (κ2) is 7.19. The van der Waals surface area contributed by atoms with Gasteiger partial charge in [0.2, 0.25) is 5.95 Å². The highest BCUT2D eigenvalue weighted by Gasteiger charge is 2.24. The minimum atomic E-state index is 0.156. The van der Waals surface area contributed by atoms with Crippen molar-refractivity contribution in [1.82, 2.24) is 9.55 Å². The van der Waals surface area contributed by atoms with Crippen LogP contribution in [0.1, 0.15) is 36.8 Å². The number of anilines is 1. The normalized spacial score (nSPS) is 20.0. The lowest BCUT2D eigenvalue weighted by Crippen LogP contribution is -2.43. The number of fused-ring (bicyclic) bond motifs is 1. The van der Waals surface area contributed by atoms with Crippen molar-refractivity contribution in [2.45, 2.75) is 44.3 Å². The van der Waals surface area contributed by atoms with Gasteiger partial charge >= 0.3 is 0 Å². The minimum absolute atomic E-state index is 0.156. The van der Waals surface area contributed by atoms with Crippen LogP contribution >= 0.6 is 0 Å². The van der Waals surface area contributed by atoms with Gasteiger partial charge in [0.25, 0.3) is 0 Å². The molecule has 1 fully saturated rings. The lowest BCUT2D eigenvalue weighted by Gasteiger charge is -2.29. The molecular weight excluding hydrogens is 322 g/mol. The first-order chi connectivity index (χ1) is 12.8. The summed E-state index contributed by atoms with van der Waals surface area (Å²) in [5.74, 6) is 0.835. The van der Waals surface area contributed by atoms with E-state index in [1.54, 1.807) is 0 Å². The second-order valence-corrected chi connectivity index (χ2v) is 6.98. The Morgan fingerprint density at radius 1 is 1.12 bits per heavy atom. The largest absolute Gasteiger partial charge is 0.351 e. The molecule has 5 nitrogen and oxygen atoms in total. The number of rotatable bonds is 4. The van der Waals surface area contributed by atoms with E-state index in [2.05, 4.69) is 22.0 Å². The minimum Gasteiger partial charge on any atom is -0.351 e. The molecule has 0 spiro atoms. The molecule has 26 heavy (non-hydrogen) atoms. The second-order valence-electron chi connectivity index (χ2n) is 6.98. The van der Waals surface area contributed by atoms with Crippen LogP contribution in [0.4, 0.5) is 5.95 Å². The molecule has 0 saturated heterocycles. The van der Waals surface area contributed by atoms with Crippen molar-refractivity contribution < 1.29 is 0 Å². The van der Waals surface area contributed by atoms with E-state index in [4.69, 9.17) is 10.7 Å². The van der Waals surface area contributed by atoms with Crippen molar-refractivity contribution in [3.05, 3.63) is 59.7 Å². The summed E-state index contributed by atoms with van der Waals surface area (Å²) >= 11 is 0. The Bertz CT molecular complexity index is 952. The van der Waals surface area contributed by atoms with E-state index in [0.717, 1.165) is 35.4 Å². The van der Waals surface area contributed by atoms with Gasteiger partial charge in [0, 0.05) is 12.1 Å². The predicted molar refractivity (Wildman–Crippen MR) is 104 cm³/mol. The SMILES string of the molecule is N#Cc1ccccc1Cn1c(N[C@@H]2CCCC[C@H]2N)nc2ccccc21. The fourth-order valence-electron chi connectivity index (χ4n) is 3.79. The zero-order valence-electron chi connectivity index (χ0n) is 14.7. The number of nitrogens with two attached hydrogens (primary N) is 1. The molecule has 0 bridgehead atoms. The number of para-hydroxylation sites is 2. The van der Waals surface area contributed by atoms with Crippen molar-refractivity contribution in [3.8, 4) is 6.07 Å². The zero-order chi connectivity index (χ0) is 17.9. The maximum Gasteiger partial charge on any atom is 0.204 e. The maximum atomic E-state index is 9.42. The molecule has 0 unspecified atom stereocenters. The molecule has 1 saturated carbocycles. The summed E-state index contributed by atoms with van der Waals surface area (Å²) in [6, 6.07) is 18.5. The molecule has 2 aromatic carbocycles. The number of imidazole rings is 1. The molecule has 1 aliphatic rings. The molecular formula is C21H23N5. The van der Waals surface area contributed by atoms with Gasteiger partial charge in [-0.15, -0.1) is 0 Å². The first-order valence-corrected chi connectivity index (χ1v) is 9.21. The molecule has 0 radical (unpaired) electrons. The summed E-state index contributed by atoms with van der Waals surface area (Å²) in [5.41, 5.74) is 10.0. The summed E-state index contributed by atoms with van der Waals surface area (Å²) in [6.45, 7) is 0.606. The Morgan fingerprint density at radius 3 is 2.73 bits per heavy atom. The van der Waals surface area contributed by atoms with Crippen molar-refractivity contribution in [1.29, 1.82) is 5.26 Å². The van der Waals surface area contributed by atoms with E-state index >= 15 is 0 Å². The van der Waals surface area contributed by atoms with Gasteiger partial charge < -0.3 is 15.6 Å². The first kappa shape index (κ1) is 16.6. The highest BCUT2D eigenvalue weighted by Crippen LogP contribution is 2.26. The van der Waals surface area contributed by atoms with E-state index in [0.29, 0.717) is 12.1 Å². The maximum absolute atomic E-state index is 9.42. The Morgan fingerprint density at radius 2 is 1.88 bits per heavy atom. The smallest absolute Gasteiger partial charge is 0.204 e. The predicted octanol–water partition coefficient (Wildman–Crippen LogP) is 3.64. The number of nitrogens with zero attached hydrogens (tertiary/aromatic N) is 3. The van der Waals surface area contributed by atoms with Gasteiger partial charge in [-0.2, -0.15) is 5.26 Å². The number of hydrogen-bond acceptors (Lipinski definition) is 4. The van der Waals surface area contributed by atoms with Gasteiger partial charge in [-0.3, -0.25) is 0 Å². The van der Waals surface area contributed by atoms with Crippen LogP contribution in [-0.2, 0) is 6.54 Å². The molecule has 3 aromatic rings. The van der Waals surface area contributed by atoms with E-state index < -0.39 is 0 Å². The molecule has 132 valence electrons. The Kier molecular flexibility index (Phi) is 4.59. The van der Waals surface area contributed by atoms with E-state index in [1.165, 1.54) is 12.8 Å². The molecule has 0 aliphatic heterocycles. The fraction of sp³-hybridized carbons (Fsp3) is 0.333. The third kappa shape index (κ3) is 3.16. The van der Waals surface area contributed by atoms with Crippen LogP contribution in [0, 0.1) is 11.3 Å². The standard InChI is InChI=1S/C21H23N5/c22-13-15-7-1-2-8-16(15)14-26-20-12-6-5-11-19(20)25-21(26)24-18-10-4-3-9-17(18)23/h1-2,5-8,11-12,17-18H,3-4,9-10,14,23H2,(H,24,25)/t17-,18-/m1/s1. The Balaban J connectivity index is 1.73. The van der Waals surface area contributed by atoms with Crippen LogP contribution in [0.3, 0.4) is 0 Å². The first-order valence-electron chi connectivity index (χ1n) is 9.21. The number of nitriles is 1. The molecule has 3 N–H and O–H groups in total. The number of aromatic nitrogens is 2. The molecule has 4 rings (SSSR count). The monoisotopic (exact) mass is 345 g/mol. The number of benzene rings is 2.